The number of carbonyl (C=O) groups excluding carboxylic acids is 1. The van der Waals surface area contributed by atoms with Crippen molar-refractivity contribution in [3.8, 4) is 0 Å². The minimum absolute atomic E-state index is 0.0312. The van der Waals surface area contributed by atoms with Crippen molar-refractivity contribution in [2.45, 2.75) is 33.2 Å². The summed E-state index contributed by atoms with van der Waals surface area (Å²) in [6, 6.07) is 2.52. The van der Waals surface area contributed by atoms with Crippen molar-refractivity contribution in [1.82, 2.24) is 10.2 Å². The summed E-state index contributed by atoms with van der Waals surface area (Å²) in [6.45, 7) is 9.23. The van der Waals surface area contributed by atoms with Gasteiger partial charge in [-0.25, -0.2) is 13.6 Å². The minimum Gasteiger partial charge on any atom is -0.334 e. The molecular weight excluding hydrogens is 300 g/mol. The van der Waals surface area contributed by atoms with Crippen LogP contribution in [0.4, 0.5) is 19.3 Å². The lowest BCUT2D eigenvalue weighted by Gasteiger charge is -2.36. The van der Waals surface area contributed by atoms with Crippen LogP contribution < -0.4 is 10.6 Å². The standard InChI is InChI=1S/C17H25F2N3O/c1-11-6-12(2)9-22(8-11)10-13(3)20-17(23)21-16-5-4-14(18)7-15(16)19/h4-5,7,11-13H,6,8-10H2,1-3H3,(H2,20,21,23)/t11-,12+,13-/m1/s1. The van der Waals surface area contributed by atoms with Crippen molar-refractivity contribution >= 4 is 11.7 Å². The van der Waals surface area contributed by atoms with Crippen LogP contribution in [0.3, 0.4) is 0 Å². The van der Waals surface area contributed by atoms with Crippen LogP contribution in [0.25, 0.3) is 0 Å². The number of hydrogen-bond acceptors (Lipinski definition) is 2. The Kier molecular flexibility index (Phi) is 5.93. The number of nitrogens with zero attached hydrogens (tertiary/aromatic N) is 1. The normalized spacial score (nSPS) is 23.3. The van der Waals surface area contributed by atoms with E-state index in [2.05, 4.69) is 29.4 Å². The van der Waals surface area contributed by atoms with E-state index in [0.29, 0.717) is 11.8 Å². The smallest absolute Gasteiger partial charge is 0.319 e. The van der Waals surface area contributed by atoms with Gasteiger partial charge in [0.05, 0.1) is 5.69 Å². The predicted octanol–water partition coefficient (Wildman–Crippen LogP) is 3.45. The molecule has 2 N–H and O–H groups in total. The van der Waals surface area contributed by atoms with Gasteiger partial charge in [-0.15, -0.1) is 0 Å². The highest BCUT2D eigenvalue weighted by atomic mass is 19.1. The maximum absolute atomic E-state index is 13.5. The third-order valence-corrected chi connectivity index (χ3v) is 4.03. The largest absolute Gasteiger partial charge is 0.334 e. The van der Waals surface area contributed by atoms with Gasteiger partial charge in [-0.05, 0) is 37.3 Å². The summed E-state index contributed by atoms with van der Waals surface area (Å²) in [5, 5.41) is 5.21. The lowest BCUT2D eigenvalue weighted by Crippen LogP contribution is -2.47. The van der Waals surface area contributed by atoms with E-state index in [4.69, 9.17) is 0 Å². The fourth-order valence-electron chi connectivity index (χ4n) is 3.35. The number of hydrogen-bond donors (Lipinski definition) is 2. The molecule has 23 heavy (non-hydrogen) atoms. The van der Waals surface area contributed by atoms with E-state index in [1.807, 2.05) is 6.92 Å². The minimum atomic E-state index is -0.786. The van der Waals surface area contributed by atoms with Crippen molar-refractivity contribution in [3.63, 3.8) is 0 Å². The lowest BCUT2D eigenvalue weighted by molar-refractivity contribution is 0.132. The average molecular weight is 325 g/mol. The quantitative estimate of drug-likeness (QED) is 0.890. The molecule has 4 nitrogen and oxygen atoms in total. The molecule has 0 bridgehead atoms. The van der Waals surface area contributed by atoms with E-state index >= 15 is 0 Å². The third-order valence-electron chi connectivity index (χ3n) is 4.03. The maximum atomic E-state index is 13.5. The van der Waals surface area contributed by atoms with E-state index in [9.17, 15) is 13.6 Å². The highest BCUT2D eigenvalue weighted by Crippen LogP contribution is 2.21. The summed E-state index contributed by atoms with van der Waals surface area (Å²) in [5.41, 5.74) is -0.0312. The molecule has 2 rings (SSSR count). The summed E-state index contributed by atoms with van der Waals surface area (Å²) in [5.74, 6) is -0.136. The maximum Gasteiger partial charge on any atom is 0.319 e. The van der Waals surface area contributed by atoms with Crippen LogP contribution >= 0.6 is 0 Å². The van der Waals surface area contributed by atoms with Crippen molar-refractivity contribution in [2.24, 2.45) is 11.8 Å². The van der Waals surface area contributed by atoms with Crippen molar-refractivity contribution in [3.05, 3.63) is 29.8 Å². The molecule has 0 saturated carbocycles. The molecule has 1 aliphatic heterocycles. The molecular formula is C17H25F2N3O. The molecule has 2 amide bonds. The zero-order chi connectivity index (χ0) is 17.0. The van der Waals surface area contributed by atoms with Crippen LogP contribution in [-0.4, -0.2) is 36.6 Å². The number of anilines is 1. The molecule has 1 heterocycles. The Morgan fingerprint density at radius 3 is 2.57 bits per heavy atom. The number of rotatable bonds is 4. The lowest BCUT2D eigenvalue weighted by atomic mass is 9.92. The van der Waals surface area contributed by atoms with Gasteiger partial charge in [-0.2, -0.15) is 0 Å². The number of urea groups is 1. The van der Waals surface area contributed by atoms with Gasteiger partial charge in [-0.3, -0.25) is 0 Å². The molecule has 0 aliphatic carbocycles. The number of amides is 2. The summed E-state index contributed by atoms with van der Waals surface area (Å²) in [7, 11) is 0. The van der Waals surface area contributed by atoms with E-state index in [1.165, 1.54) is 12.5 Å². The van der Waals surface area contributed by atoms with Gasteiger partial charge in [-0.1, -0.05) is 13.8 Å². The molecule has 6 heteroatoms. The Morgan fingerprint density at radius 1 is 1.30 bits per heavy atom. The number of halogens is 2. The van der Waals surface area contributed by atoms with Gasteiger partial charge in [0, 0.05) is 31.7 Å². The van der Waals surface area contributed by atoms with Crippen molar-refractivity contribution in [1.29, 1.82) is 0 Å². The van der Waals surface area contributed by atoms with Gasteiger partial charge < -0.3 is 15.5 Å². The Labute approximate surface area is 136 Å². The molecule has 0 radical (unpaired) electrons. The Bertz CT molecular complexity index is 543. The summed E-state index contributed by atoms with van der Waals surface area (Å²) >= 11 is 0. The first kappa shape index (κ1) is 17.7. The van der Waals surface area contributed by atoms with Gasteiger partial charge in [0.2, 0.25) is 0 Å². The number of benzene rings is 1. The van der Waals surface area contributed by atoms with Crippen molar-refractivity contribution in [2.75, 3.05) is 25.0 Å². The Morgan fingerprint density at radius 2 is 1.96 bits per heavy atom. The fourth-order valence-corrected chi connectivity index (χ4v) is 3.35. The van der Waals surface area contributed by atoms with Gasteiger partial charge in [0.1, 0.15) is 11.6 Å². The molecule has 0 aromatic heterocycles. The highest BCUT2D eigenvalue weighted by molar-refractivity contribution is 5.89. The second-order valence-corrected chi connectivity index (χ2v) is 6.79. The summed E-state index contributed by atoms with van der Waals surface area (Å²) < 4.78 is 26.4. The zero-order valence-corrected chi connectivity index (χ0v) is 13.9. The SMILES string of the molecule is C[C@@H]1C[C@H](C)CN(C[C@@H](C)NC(=O)Nc2ccc(F)cc2F)C1. The molecule has 1 saturated heterocycles. The first-order valence-corrected chi connectivity index (χ1v) is 8.08. The van der Waals surface area contributed by atoms with Gasteiger partial charge >= 0.3 is 6.03 Å². The van der Waals surface area contributed by atoms with Crippen LogP contribution in [-0.2, 0) is 0 Å². The summed E-state index contributed by atoms with van der Waals surface area (Å²) in [4.78, 5) is 14.3. The molecule has 0 spiro atoms. The number of carbonyl (C=O) groups is 1. The first-order valence-electron chi connectivity index (χ1n) is 8.08. The first-order chi connectivity index (χ1) is 10.8. The van der Waals surface area contributed by atoms with E-state index in [1.54, 1.807) is 0 Å². The number of piperidine rings is 1. The monoisotopic (exact) mass is 325 g/mol. The van der Waals surface area contributed by atoms with E-state index in [-0.39, 0.29) is 11.7 Å². The van der Waals surface area contributed by atoms with E-state index in [0.717, 1.165) is 31.8 Å². The molecule has 1 aromatic carbocycles. The zero-order valence-electron chi connectivity index (χ0n) is 13.9. The van der Waals surface area contributed by atoms with Crippen LogP contribution in [0.2, 0.25) is 0 Å². The molecule has 1 fully saturated rings. The molecule has 1 aliphatic rings. The second-order valence-electron chi connectivity index (χ2n) is 6.79. The second kappa shape index (κ2) is 7.73. The Hall–Kier alpha value is -1.69. The third kappa shape index (κ3) is 5.46. The molecule has 128 valence electrons. The van der Waals surface area contributed by atoms with Crippen LogP contribution in [0.5, 0.6) is 0 Å². The predicted molar refractivity (Wildman–Crippen MR) is 87.4 cm³/mol. The average Bonchev–Trinajstić information content (AvgIpc) is 2.40. The number of nitrogens with one attached hydrogen (secondary N) is 2. The molecule has 0 unspecified atom stereocenters. The van der Waals surface area contributed by atoms with Crippen LogP contribution in [0, 0.1) is 23.5 Å². The topological polar surface area (TPSA) is 44.4 Å². The van der Waals surface area contributed by atoms with Crippen LogP contribution in [0.1, 0.15) is 27.2 Å². The van der Waals surface area contributed by atoms with Gasteiger partial charge in [0.25, 0.3) is 0 Å². The Balaban J connectivity index is 1.82. The highest BCUT2D eigenvalue weighted by Gasteiger charge is 2.23. The van der Waals surface area contributed by atoms with Gasteiger partial charge in [0.15, 0.2) is 0 Å². The van der Waals surface area contributed by atoms with Crippen LogP contribution in [0.15, 0.2) is 18.2 Å². The molecule has 1 aromatic rings. The van der Waals surface area contributed by atoms with E-state index < -0.39 is 17.7 Å². The summed E-state index contributed by atoms with van der Waals surface area (Å²) in [6.07, 6.45) is 1.24. The fraction of sp³-hybridized carbons (Fsp3) is 0.588. The van der Waals surface area contributed by atoms with Crippen molar-refractivity contribution < 1.29 is 13.6 Å². The molecule has 3 atom stereocenters. The number of likely N-dealkylation sites (tertiary alicyclic amines) is 1.